The predicted octanol–water partition coefficient (Wildman–Crippen LogP) is 1.94. The fourth-order valence-electron chi connectivity index (χ4n) is 3.25. The predicted molar refractivity (Wildman–Crippen MR) is 96.2 cm³/mol. The van der Waals surface area contributed by atoms with Crippen molar-refractivity contribution < 1.29 is 22.8 Å². The van der Waals surface area contributed by atoms with E-state index < -0.39 is 24.5 Å². The molecule has 0 aliphatic heterocycles. The molecular weight excluding hydrogens is 389 g/mol. The van der Waals surface area contributed by atoms with Crippen molar-refractivity contribution in [3.8, 4) is 5.95 Å². The summed E-state index contributed by atoms with van der Waals surface area (Å²) in [6, 6.07) is 1.41. The third kappa shape index (κ3) is 5.75. The highest BCUT2D eigenvalue weighted by molar-refractivity contribution is 5.92. The van der Waals surface area contributed by atoms with Crippen molar-refractivity contribution >= 4 is 11.8 Å². The third-order valence-corrected chi connectivity index (χ3v) is 4.71. The molecule has 0 spiro atoms. The van der Waals surface area contributed by atoms with Crippen LogP contribution in [0.25, 0.3) is 5.95 Å². The first-order valence-corrected chi connectivity index (χ1v) is 9.20. The van der Waals surface area contributed by atoms with E-state index in [1.807, 2.05) is 5.32 Å². The van der Waals surface area contributed by atoms with Crippen LogP contribution in [0.4, 0.5) is 13.2 Å². The number of hydrogen-bond acceptors (Lipinski definition) is 5. The normalized spacial score (nSPS) is 19.6. The SMILES string of the molecule is Cc1cc(C(=O)NC2CCC(C(=O)NCC(F)(F)F)CC2)nc(-n2ccnc2)n1. The second kappa shape index (κ2) is 8.58. The maximum atomic E-state index is 12.6. The summed E-state index contributed by atoms with van der Waals surface area (Å²) in [5.41, 5.74) is 0.838. The van der Waals surface area contributed by atoms with Gasteiger partial charge in [0.25, 0.3) is 5.91 Å². The maximum Gasteiger partial charge on any atom is 0.405 e. The van der Waals surface area contributed by atoms with Gasteiger partial charge in [-0.15, -0.1) is 0 Å². The lowest BCUT2D eigenvalue weighted by atomic mass is 9.85. The molecule has 2 amide bonds. The first-order valence-electron chi connectivity index (χ1n) is 9.20. The average molecular weight is 410 g/mol. The van der Waals surface area contributed by atoms with Crippen LogP contribution in [0.15, 0.2) is 24.8 Å². The van der Waals surface area contributed by atoms with Crippen molar-refractivity contribution in [2.24, 2.45) is 5.92 Å². The highest BCUT2D eigenvalue weighted by Gasteiger charge is 2.31. The molecule has 1 fully saturated rings. The van der Waals surface area contributed by atoms with Gasteiger partial charge in [-0.2, -0.15) is 13.2 Å². The molecule has 0 saturated heterocycles. The Kier molecular flexibility index (Phi) is 6.14. The van der Waals surface area contributed by atoms with E-state index in [4.69, 9.17) is 0 Å². The van der Waals surface area contributed by atoms with Gasteiger partial charge in [0, 0.05) is 30.0 Å². The molecule has 0 atom stereocenters. The van der Waals surface area contributed by atoms with E-state index in [9.17, 15) is 22.8 Å². The smallest absolute Gasteiger partial charge is 0.348 e. The number of aryl methyl sites for hydroxylation is 1. The number of nitrogens with zero attached hydrogens (tertiary/aromatic N) is 4. The number of alkyl halides is 3. The lowest BCUT2D eigenvalue weighted by Crippen LogP contribution is -2.42. The summed E-state index contributed by atoms with van der Waals surface area (Å²) < 4.78 is 38.2. The second-order valence-corrected chi connectivity index (χ2v) is 7.02. The minimum atomic E-state index is -4.42. The summed E-state index contributed by atoms with van der Waals surface area (Å²) in [5.74, 6) is -1.09. The molecule has 1 saturated carbocycles. The highest BCUT2D eigenvalue weighted by Crippen LogP contribution is 2.25. The molecule has 3 rings (SSSR count). The van der Waals surface area contributed by atoms with Crippen molar-refractivity contribution in [2.75, 3.05) is 6.54 Å². The fourth-order valence-corrected chi connectivity index (χ4v) is 3.25. The number of carbonyl (C=O) groups excluding carboxylic acids is 2. The molecule has 2 heterocycles. The van der Waals surface area contributed by atoms with Crippen molar-refractivity contribution in [3.05, 3.63) is 36.2 Å². The van der Waals surface area contributed by atoms with Crippen LogP contribution in [0.5, 0.6) is 0 Å². The lowest BCUT2D eigenvalue weighted by Gasteiger charge is -2.28. The fraction of sp³-hybridized carbons (Fsp3) is 0.500. The van der Waals surface area contributed by atoms with Gasteiger partial charge in [-0.05, 0) is 38.7 Å². The van der Waals surface area contributed by atoms with Crippen molar-refractivity contribution in [2.45, 2.75) is 44.8 Å². The molecule has 1 aliphatic rings. The van der Waals surface area contributed by atoms with Crippen LogP contribution in [-0.2, 0) is 4.79 Å². The van der Waals surface area contributed by atoms with Crippen LogP contribution in [-0.4, -0.2) is 50.1 Å². The number of carbonyl (C=O) groups is 2. The van der Waals surface area contributed by atoms with Crippen LogP contribution in [0.3, 0.4) is 0 Å². The van der Waals surface area contributed by atoms with E-state index in [1.54, 1.807) is 30.0 Å². The van der Waals surface area contributed by atoms with Gasteiger partial charge in [0.15, 0.2) is 0 Å². The Morgan fingerprint density at radius 3 is 2.55 bits per heavy atom. The Hall–Kier alpha value is -2.98. The quantitative estimate of drug-likeness (QED) is 0.785. The zero-order chi connectivity index (χ0) is 21.0. The zero-order valence-electron chi connectivity index (χ0n) is 15.7. The number of hydrogen-bond donors (Lipinski definition) is 2. The Balaban J connectivity index is 1.54. The summed E-state index contributed by atoms with van der Waals surface area (Å²) in [7, 11) is 0. The largest absolute Gasteiger partial charge is 0.405 e. The maximum absolute atomic E-state index is 12.6. The minimum Gasteiger partial charge on any atom is -0.348 e. The van der Waals surface area contributed by atoms with Gasteiger partial charge in [-0.3, -0.25) is 14.2 Å². The molecule has 156 valence electrons. The van der Waals surface area contributed by atoms with Gasteiger partial charge in [-0.1, -0.05) is 0 Å². The van der Waals surface area contributed by atoms with Crippen molar-refractivity contribution in [1.82, 2.24) is 30.2 Å². The molecule has 29 heavy (non-hydrogen) atoms. The molecule has 8 nitrogen and oxygen atoms in total. The van der Waals surface area contributed by atoms with Gasteiger partial charge in [-0.25, -0.2) is 15.0 Å². The van der Waals surface area contributed by atoms with Crippen molar-refractivity contribution in [3.63, 3.8) is 0 Å². The molecule has 1 aliphatic carbocycles. The van der Waals surface area contributed by atoms with Gasteiger partial charge in [0.2, 0.25) is 11.9 Å². The summed E-state index contributed by atoms with van der Waals surface area (Å²) in [5, 5.41) is 4.81. The zero-order valence-corrected chi connectivity index (χ0v) is 15.7. The van der Waals surface area contributed by atoms with E-state index in [0.717, 1.165) is 0 Å². The van der Waals surface area contributed by atoms with E-state index in [-0.39, 0.29) is 17.6 Å². The van der Waals surface area contributed by atoms with E-state index in [0.29, 0.717) is 37.3 Å². The van der Waals surface area contributed by atoms with Crippen LogP contribution >= 0.6 is 0 Å². The Morgan fingerprint density at radius 1 is 1.21 bits per heavy atom. The Labute approximate surface area is 164 Å². The van der Waals surface area contributed by atoms with Gasteiger partial charge in [0.1, 0.15) is 18.6 Å². The monoisotopic (exact) mass is 410 g/mol. The molecule has 2 N–H and O–H groups in total. The van der Waals surface area contributed by atoms with Crippen LogP contribution in [0.2, 0.25) is 0 Å². The Bertz CT molecular complexity index is 861. The summed E-state index contributed by atoms with van der Waals surface area (Å²) in [4.78, 5) is 36.9. The summed E-state index contributed by atoms with van der Waals surface area (Å²) >= 11 is 0. The van der Waals surface area contributed by atoms with Crippen LogP contribution in [0, 0.1) is 12.8 Å². The summed E-state index contributed by atoms with van der Waals surface area (Å²) in [6.45, 7) is 0.429. The first kappa shape index (κ1) is 20.7. The molecule has 0 bridgehead atoms. The highest BCUT2D eigenvalue weighted by atomic mass is 19.4. The Morgan fingerprint density at radius 2 is 1.93 bits per heavy atom. The van der Waals surface area contributed by atoms with Crippen LogP contribution < -0.4 is 10.6 Å². The molecule has 2 aromatic heterocycles. The number of halogens is 3. The standard InChI is InChI=1S/C18H21F3N6O2/c1-11-8-14(26-17(24-11)27-7-6-22-10-27)16(29)25-13-4-2-12(3-5-13)15(28)23-9-18(19,20)21/h6-8,10,12-13H,2-5,9H2,1H3,(H,23,28)(H,25,29). The van der Waals surface area contributed by atoms with Gasteiger partial charge < -0.3 is 10.6 Å². The summed E-state index contributed by atoms with van der Waals surface area (Å²) in [6.07, 6.45) is 2.20. The molecular formula is C18H21F3N6O2. The minimum absolute atomic E-state index is 0.166. The van der Waals surface area contributed by atoms with E-state index in [2.05, 4.69) is 20.3 Å². The number of imidazole rings is 1. The van der Waals surface area contributed by atoms with Crippen molar-refractivity contribution in [1.29, 1.82) is 0 Å². The topological polar surface area (TPSA) is 102 Å². The number of nitrogens with one attached hydrogen (secondary N) is 2. The molecule has 0 unspecified atom stereocenters. The average Bonchev–Trinajstić information content (AvgIpc) is 3.20. The van der Waals surface area contributed by atoms with Gasteiger partial charge >= 0.3 is 6.18 Å². The molecule has 0 aromatic carbocycles. The molecule has 0 radical (unpaired) electrons. The second-order valence-electron chi connectivity index (χ2n) is 7.02. The van der Waals surface area contributed by atoms with Crippen LogP contribution in [0.1, 0.15) is 41.9 Å². The third-order valence-electron chi connectivity index (χ3n) is 4.71. The van der Waals surface area contributed by atoms with E-state index >= 15 is 0 Å². The first-order chi connectivity index (χ1) is 13.7. The van der Waals surface area contributed by atoms with E-state index in [1.165, 1.54) is 6.33 Å². The number of rotatable bonds is 5. The number of aromatic nitrogens is 4. The lowest BCUT2D eigenvalue weighted by molar-refractivity contribution is -0.141. The van der Waals surface area contributed by atoms with Gasteiger partial charge in [0.05, 0.1) is 0 Å². The number of amides is 2. The molecule has 11 heteroatoms. The molecule has 2 aromatic rings.